The smallest absolute Gasteiger partial charge is 0.243 e. The first-order valence-corrected chi connectivity index (χ1v) is 12.2. The molecule has 0 aromatic heterocycles. The zero-order valence-electron chi connectivity index (χ0n) is 16.8. The average molecular weight is 522 g/mol. The molecule has 0 spiro atoms. The number of halogens is 2. The summed E-state index contributed by atoms with van der Waals surface area (Å²) in [6.45, 7) is 1.62. The predicted octanol–water partition coefficient (Wildman–Crippen LogP) is 5.17. The van der Waals surface area contributed by atoms with E-state index < -0.39 is 10.0 Å². The molecule has 8 heteroatoms. The Balaban J connectivity index is 1.81. The van der Waals surface area contributed by atoms with Crippen molar-refractivity contribution in [3.05, 3.63) is 99.5 Å². The average Bonchev–Trinajstić information content (AvgIpc) is 2.75. The van der Waals surface area contributed by atoms with E-state index in [9.17, 15) is 13.2 Å². The van der Waals surface area contributed by atoms with Gasteiger partial charge in [0.1, 0.15) is 0 Å². The minimum Gasteiger partial charge on any atom is -0.348 e. The van der Waals surface area contributed by atoms with Crippen LogP contribution < -0.4 is 5.32 Å². The number of nitrogens with one attached hydrogen (secondary N) is 1. The normalized spacial score (nSPS) is 12.5. The van der Waals surface area contributed by atoms with Crippen molar-refractivity contribution in [1.82, 2.24) is 9.62 Å². The van der Waals surface area contributed by atoms with Gasteiger partial charge in [-0.25, -0.2) is 8.42 Å². The van der Waals surface area contributed by atoms with Crippen LogP contribution in [0.3, 0.4) is 0 Å². The lowest BCUT2D eigenvalue weighted by atomic mass is 10.1. The Bertz CT molecular complexity index is 1120. The first-order valence-electron chi connectivity index (χ1n) is 9.60. The van der Waals surface area contributed by atoms with Crippen LogP contribution in [0.1, 0.15) is 24.1 Å². The molecule has 0 bridgehead atoms. The van der Waals surface area contributed by atoms with Crippen molar-refractivity contribution in [2.75, 3.05) is 6.54 Å². The lowest BCUT2D eigenvalue weighted by Gasteiger charge is -2.23. The van der Waals surface area contributed by atoms with E-state index in [1.807, 2.05) is 43.3 Å². The summed E-state index contributed by atoms with van der Waals surface area (Å²) in [5.74, 6) is -0.390. The van der Waals surface area contributed by atoms with Gasteiger partial charge in [0.2, 0.25) is 15.9 Å². The van der Waals surface area contributed by atoms with Crippen molar-refractivity contribution in [2.24, 2.45) is 0 Å². The third-order valence-electron chi connectivity index (χ3n) is 4.72. The lowest BCUT2D eigenvalue weighted by molar-refractivity contribution is -0.122. The van der Waals surface area contributed by atoms with Crippen LogP contribution >= 0.6 is 27.5 Å². The van der Waals surface area contributed by atoms with Crippen LogP contribution in [0.2, 0.25) is 5.02 Å². The van der Waals surface area contributed by atoms with Crippen LogP contribution in [0.5, 0.6) is 0 Å². The first kappa shape index (κ1) is 23.5. The highest BCUT2D eigenvalue weighted by Gasteiger charge is 2.27. The summed E-state index contributed by atoms with van der Waals surface area (Å²) in [6, 6.07) is 22.3. The third-order valence-corrected chi connectivity index (χ3v) is 7.31. The molecule has 0 radical (unpaired) electrons. The third kappa shape index (κ3) is 6.40. The topological polar surface area (TPSA) is 66.5 Å². The minimum atomic E-state index is -3.87. The van der Waals surface area contributed by atoms with E-state index in [0.29, 0.717) is 5.02 Å². The molecule has 0 heterocycles. The summed E-state index contributed by atoms with van der Waals surface area (Å²) in [7, 11) is -3.87. The number of carbonyl (C=O) groups is 1. The van der Waals surface area contributed by atoms with E-state index in [4.69, 9.17) is 11.6 Å². The Labute approximate surface area is 196 Å². The van der Waals surface area contributed by atoms with Gasteiger partial charge in [-0.05, 0) is 54.4 Å². The molecule has 3 aromatic rings. The van der Waals surface area contributed by atoms with Gasteiger partial charge in [0.05, 0.1) is 17.5 Å². The molecule has 0 aliphatic heterocycles. The molecule has 31 heavy (non-hydrogen) atoms. The van der Waals surface area contributed by atoms with Crippen LogP contribution in [0.4, 0.5) is 0 Å². The summed E-state index contributed by atoms with van der Waals surface area (Å²) in [4.78, 5) is 12.9. The number of nitrogens with zero attached hydrogens (tertiary/aromatic N) is 1. The van der Waals surface area contributed by atoms with Gasteiger partial charge in [-0.2, -0.15) is 4.31 Å². The molecule has 0 saturated carbocycles. The van der Waals surface area contributed by atoms with E-state index in [0.717, 1.165) is 15.6 Å². The largest absolute Gasteiger partial charge is 0.348 e. The highest BCUT2D eigenvalue weighted by molar-refractivity contribution is 9.10. The standard InChI is InChI=1S/C23H22BrClN2O3S/c1-17(19-9-13-21(25)14-10-19)26-23(28)16-27(15-18-7-11-20(24)12-8-18)31(29,30)22-5-3-2-4-6-22/h2-14,17H,15-16H2,1H3,(H,26,28)/t17-/m0/s1. The molecule has 1 amide bonds. The summed E-state index contributed by atoms with van der Waals surface area (Å²) < 4.78 is 28.6. The first-order chi connectivity index (χ1) is 14.8. The van der Waals surface area contributed by atoms with Crippen molar-refractivity contribution < 1.29 is 13.2 Å². The van der Waals surface area contributed by atoms with Crippen LogP contribution in [0, 0.1) is 0 Å². The summed E-state index contributed by atoms with van der Waals surface area (Å²) in [5, 5.41) is 3.48. The number of carbonyl (C=O) groups excluding carboxylic acids is 1. The van der Waals surface area contributed by atoms with Gasteiger partial charge in [-0.1, -0.05) is 70.0 Å². The maximum Gasteiger partial charge on any atom is 0.243 e. The highest BCUT2D eigenvalue weighted by atomic mass is 79.9. The van der Waals surface area contributed by atoms with Crippen LogP contribution in [0.15, 0.2) is 88.2 Å². The number of hydrogen-bond donors (Lipinski definition) is 1. The van der Waals surface area contributed by atoms with Crippen molar-refractivity contribution in [3.8, 4) is 0 Å². The van der Waals surface area contributed by atoms with Crippen LogP contribution in [-0.2, 0) is 21.4 Å². The van der Waals surface area contributed by atoms with E-state index in [1.54, 1.807) is 30.3 Å². The molecule has 162 valence electrons. The van der Waals surface area contributed by atoms with Gasteiger partial charge in [0, 0.05) is 16.0 Å². The van der Waals surface area contributed by atoms with Crippen molar-refractivity contribution in [1.29, 1.82) is 0 Å². The maximum absolute atomic E-state index is 13.3. The Morgan fingerprint density at radius 2 is 1.61 bits per heavy atom. The zero-order valence-corrected chi connectivity index (χ0v) is 20.0. The van der Waals surface area contributed by atoms with Crippen LogP contribution in [0.25, 0.3) is 0 Å². The van der Waals surface area contributed by atoms with Gasteiger partial charge in [-0.15, -0.1) is 0 Å². The Kier molecular flexibility index (Phi) is 7.89. The predicted molar refractivity (Wildman–Crippen MR) is 126 cm³/mol. The summed E-state index contributed by atoms with van der Waals surface area (Å²) in [5.41, 5.74) is 1.66. The van der Waals surface area contributed by atoms with E-state index in [-0.39, 0.29) is 29.9 Å². The molecule has 0 saturated heterocycles. The van der Waals surface area contributed by atoms with Crippen molar-refractivity contribution in [2.45, 2.75) is 24.4 Å². The Morgan fingerprint density at radius 1 is 1.00 bits per heavy atom. The molecule has 3 rings (SSSR count). The molecular formula is C23H22BrClN2O3S. The molecule has 1 atom stereocenters. The van der Waals surface area contributed by atoms with E-state index in [2.05, 4.69) is 21.2 Å². The highest BCUT2D eigenvalue weighted by Crippen LogP contribution is 2.20. The molecule has 0 unspecified atom stereocenters. The lowest BCUT2D eigenvalue weighted by Crippen LogP contribution is -2.41. The monoisotopic (exact) mass is 520 g/mol. The van der Waals surface area contributed by atoms with Crippen LogP contribution in [-0.4, -0.2) is 25.2 Å². The number of rotatable bonds is 8. The van der Waals surface area contributed by atoms with E-state index in [1.165, 1.54) is 16.4 Å². The van der Waals surface area contributed by atoms with Crippen molar-refractivity contribution in [3.63, 3.8) is 0 Å². The fraction of sp³-hybridized carbons (Fsp3) is 0.174. The summed E-state index contributed by atoms with van der Waals surface area (Å²) >= 11 is 9.30. The van der Waals surface area contributed by atoms with Gasteiger partial charge in [0.25, 0.3) is 0 Å². The number of benzene rings is 3. The Morgan fingerprint density at radius 3 is 2.23 bits per heavy atom. The maximum atomic E-state index is 13.3. The molecule has 3 aromatic carbocycles. The number of hydrogen-bond acceptors (Lipinski definition) is 3. The molecule has 0 fully saturated rings. The summed E-state index contributed by atoms with van der Waals surface area (Å²) in [6.07, 6.45) is 0. The molecular weight excluding hydrogens is 500 g/mol. The molecule has 1 N–H and O–H groups in total. The van der Waals surface area contributed by atoms with Gasteiger partial charge < -0.3 is 5.32 Å². The fourth-order valence-corrected chi connectivity index (χ4v) is 4.84. The SMILES string of the molecule is C[C@H](NC(=O)CN(Cc1ccc(Br)cc1)S(=O)(=O)c1ccccc1)c1ccc(Cl)cc1. The van der Waals surface area contributed by atoms with E-state index >= 15 is 0 Å². The van der Waals surface area contributed by atoms with Crippen molar-refractivity contribution >= 4 is 43.5 Å². The number of sulfonamides is 1. The quantitative estimate of drug-likeness (QED) is 0.445. The van der Waals surface area contributed by atoms with Gasteiger partial charge >= 0.3 is 0 Å². The minimum absolute atomic E-state index is 0.0766. The number of amides is 1. The molecule has 0 aliphatic carbocycles. The second kappa shape index (κ2) is 10.4. The van der Waals surface area contributed by atoms with Gasteiger partial charge in [0.15, 0.2) is 0 Å². The zero-order chi connectivity index (χ0) is 22.4. The second-order valence-corrected chi connectivity index (χ2v) is 10.3. The molecule has 0 aliphatic rings. The fourth-order valence-electron chi connectivity index (χ4n) is 3.04. The molecule has 5 nitrogen and oxygen atoms in total. The Hall–Kier alpha value is -2.19. The second-order valence-electron chi connectivity index (χ2n) is 7.05. The van der Waals surface area contributed by atoms with Gasteiger partial charge in [-0.3, -0.25) is 4.79 Å².